The minimum absolute atomic E-state index is 0. The van der Waals surface area contributed by atoms with E-state index in [0.717, 1.165) is 0 Å². The molecule has 0 N–H and O–H groups in total. The first kappa shape index (κ1) is 21.2. The number of hydrogen-bond acceptors (Lipinski definition) is 0. The summed E-state index contributed by atoms with van der Waals surface area (Å²) in [5, 5.41) is 0. The molecule has 1 saturated heterocycles. The Hall–Kier alpha value is 0.250. The molecular weight excluding hydrogens is 278 g/mol. The largest absolute Gasteiger partial charge is 1.00 e. The molecule has 0 saturated carbocycles. The fourth-order valence-electron chi connectivity index (χ4n) is 3.82. The maximum Gasteiger partial charge on any atom is 0.0788 e. The summed E-state index contributed by atoms with van der Waals surface area (Å²) in [6, 6.07) is 0. The summed E-state index contributed by atoms with van der Waals surface area (Å²) in [7, 11) is 0. The van der Waals surface area contributed by atoms with Crippen LogP contribution in [-0.4, -0.2) is 30.7 Å². The molecule has 128 valence electrons. The van der Waals surface area contributed by atoms with Crippen LogP contribution in [0.25, 0.3) is 0 Å². The molecule has 0 aromatic rings. The standard InChI is InChI=1S/C19H40N.ClH/c1-3-5-7-8-9-10-11-12-13-17-20(16-6-4-2)18-14-15-19-20;/h3-19H2,1-2H3;1H/q+1;/p-1. The third-order valence-electron chi connectivity index (χ3n) is 5.24. The Morgan fingerprint density at radius 1 is 0.571 bits per heavy atom. The van der Waals surface area contributed by atoms with Crippen LogP contribution >= 0.6 is 0 Å². The molecule has 1 aliphatic rings. The summed E-state index contributed by atoms with van der Waals surface area (Å²) in [6.45, 7) is 10.6. The summed E-state index contributed by atoms with van der Waals surface area (Å²) in [4.78, 5) is 0. The highest BCUT2D eigenvalue weighted by molar-refractivity contribution is 4.56. The molecule has 0 aromatic heterocycles. The fourth-order valence-corrected chi connectivity index (χ4v) is 3.82. The zero-order valence-corrected chi connectivity index (χ0v) is 15.6. The third kappa shape index (κ3) is 9.79. The van der Waals surface area contributed by atoms with Gasteiger partial charge in [0.1, 0.15) is 0 Å². The average molecular weight is 318 g/mol. The van der Waals surface area contributed by atoms with Crippen LogP contribution in [0.1, 0.15) is 97.3 Å². The Morgan fingerprint density at radius 2 is 1.00 bits per heavy atom. The van der Waals surface area contributed by atoms with Gasteiger partial charge < -0.3 is 16.9 Å². The van der Waals surface area contributed by atoms with Gasteiger partial charge in [0.25, 0.3) is 0 Å². The predicted octanol–water partition coefficient (Wildman–Crippen LogP) is 2.93. The number of halogens is 1. The highest BCUT2D eigenvalue weighted by Crippen LogP contribution is 2.22. The quantitative estimate of drug-likeness (QED) is 0.362. The maximum atomic E-state index is 2.34. The van der Waals surface area contributed by atoms with Crippen LogP contribution in [0.4, 0.5) is 0 Å². The van der Waals surface area contributed by atoms with Crippen molar-refractivity contribution in [1.29, 1.82) is 0 Å². The second kappa shape index (κ2) is 13.9. The van der Waals surface area contributed by atoms with Crippen LogP contribution in [0.5, 0.6) is 0 Å². The number of hydrogen-bond donors (Lipinski definition) is 0. The zero-order chi connectivity index (χ0) is 14.5. The van der Waals surface area contributed by atoms with Crippen molar-refractivity contribution in [1.82, 2.24) is 0 Å². The van der Waals surface area contributed by atoms with Crippen molar-refractivity contribution in [2.24, 2.45) is 0 Å². The molecule has 0 spiro atoms. The van der Waals surface area contributed by atoms with Crippen molar-refractivity contribution in [2.75, 3.05) is 26.2 Å². The molecule has 0 aromatic carbocycles. The molecule has 1 fully saturated rings. The van der Waals surface area contributed by atoms with Gasteiger partial charge in [-0.15, -0.1) is 0 Å². The van der Waals surface area contributed by atoms with E-state index >= 15 is 0 Å². The van der Waals surface area contributed by atoms with Gasteiger partial charge in [-0.2, -0.15) is 0 Å². The molecule has 1 nitrogen and oxygen atoms in total. The van der Waals surface area contributed by atoms with Crippen molar-refractivity contribution in [2.45, 2.75) is 97.3 Å². The third-order valence-corrected chi connectivity index (χ3v) is 5.24. The summed E-state index contributed by atoms with van der Waals surface area (Å²) in [6.07, 6.45) is 19.0. The molecule has 1 rings (SSSR count). The molecule has 1 heterocycles. The van der Waals surface area contributed by atoms with E-state index in [0.29, 0.717) is 0 Å². The maximum absolute atomic E-state index is 2.34. The summed E-state index contributed by atoms with van der Waals surface area (Å²) in [5.41, 5.74) is 0. The van der Waals surface area contributed by atoms with Crippen LogP contribution in [0, 0.1) is 0 Å². The lowest BCUT2D eigenvalue weighted by atomic mass is 10.1. The van der Waals surface area contributed by atoms with Crippen molar-refractivity contribution in [3.8, 4) is 0 Å². The molecule has 0 aliphatic carbocycles. The number of likely N-dealkylation sites (tertiary alicyclic amines) is 1. The average Bonchev–Trinajstić information content (AvgIpc) is 2.93. The fraction of sp³-hybridized carbons (Fsp3) is 1.00. The number of rotatable bonds is 13. The monoisotopic (exact) mass is 317 g/mol. The molecule has 0 bridgehead atoms. The number of quaternary nitrogens is 1. The SMILES string of the molecule is CCCCCCCCCCC[N+]1(CCCC)CCCC1.[Cl-]. The van der Waals surface area contributed by atoms with E-state index in [2.05, 4.69) is 13.8 Å². The minimum Gasteiger partial charge on any atom is -1.00 e. The molecule has 0 atom stereocenters. The highest BCUT2D eigenvalue weighted by Gasteiger charge is 2.30. The minimum atomic E-state index is 0. The van der Waals surface area contributed by atoms with E-state index < -0.39 is 0 Å². The van der Waals surface area contributed by atoms with E-state index in [1.54, 1.807) is 0 Å². The lowest BCUT2D eigenvalue weighted by Crippen LogP contribution is -3.00. The van der Waals surface area contributed by atoms with E-state index in [4.69, 9.17) is 0 Å². The first-order valence-electron chi connectivity index (χ1n) is 9.68. The lowest BCUT2D eigenvalue weighted by Gasteiger charge is -2.34. The molecule has 0 unspecified atom stereocenters. The number of nitrogens with zero attached hydrogens (tertiary/aromatic N) is 1. The Morgan fingerprint density at radius 3 is 1.52 bits per heavy atom. The van der Waals surface area contributed by atoms with Crippen LogP contribution in [0.15, 0.2) is 0 Å². The van der Waals surface area contributed by atoms with E-state index in [1.165, 1.54) is 114 Å². The summed E-state index contributed by atoms with van der Waals surface area (Å²) < 4.78 is 1.48. The Labute approximate surface area is 140 Å². The van der Waals surface area contributed by atoms with Gasteiger partial charge in [0.15, 0.2) is 0 Å². The van der Waals surface area contributed by atoms with Gasteiger partial charge in [0, 0.05) is 12.8 Å². The van der Waals surface area contributed by atoms with Gasteiger partial charge in [-0.05, 0) is 19.3 Å². The second-order valence-corrected chi connectivity index (χ2v) is 7.13. The highest BCUT2D eigenvalue weighted by atomic mass is 35.5. The van der Waals surface area contributed by atoms with Crippen molar-refractivity contribution in [3.05, 3.63) is 0 Å². The van der Waals surface area contributed by atoms with Crippen LogP contribution in [0.2, 0.25) is 0 Å². The van der Waals surface area contributed by atoms with Gasteiger partial charge in [0.2, 0.25) is 0 Å². The van der Waals surface area contributed by atoms with Gasteiger partial charge in [0.05, 0.1) is 26.2 Å². The molecule has 0 amide bonds. The molecule has 21 heavy (non-hydrogen) atoms. The van der Waals surface area contributed by atoms with Crippen molar-refractivity contribution in [3.63, 3.8) is 0 Å². The Bertz CT molecular complexity index is 212. The van der Waals surface area contributed by atoms with E-state index in [-0.39, 0.29) is 12.4 Å². The first-order valence-corrected chi connectivity index (χ1v) is 9.68. The first-order chi connectivity index (χ1) is 9.83. The predicted molar refractivity (Wildman–Crippen MR) is 91.1 cm³/mol. The Kier molecular flexibility index (Phi) is 14.0. The van der Waals surface area contributed by atoms with Crippen LogP contribution in [-0.2, 0) is 0 Å². The van der Waals surface area contributed by atoms with Gasteiger partial charge in [-0.25, -0.2) is 0 Å². The smallest absolute Gasteiger partial charge is 0.0788 e. The van der Waals surface area contributed by atoms with Gasteiger partial charge in [-0.1, -0.05) is 65.2 Å². The molecule has 0 radical (unpaired) electrons. The van der Waals surface area contributed by atoms with E-state index in [1.807, 2.05) is 0 Å². The van der Waals surface area contributed by atoms with E-state index in [9.17, 15) is 0 Å². The van der Waals surface area contributed by atoms with Crippen molar-refractivity contribution < 1.29 is 16.9 Å². The van der Waals surface area contributed by atoms with Crippen LogP contribution in [0.3, 0.4) is 0 Å². The molecule has 1 aliphatic heterocycles. The normalized spacial score (nSPS) is 16.9. The summed E-state index contributed by atoms with van der Waals surface area (Å²) in [5.74, 6) is 0. The van der Waals surface area contributed by atoms with Crippen molar-refractivity contribution >= 4 is 0 Å². The lowest BCUT2D eigenvalue weighted by molar-refractivity contribution is -0.917. The Balaban J connectivity index is 0.00000400. The summed E-state index contributed by atoms with van der Waals surface area (Å²) >= 11 is 0. The molecule has 2 heteroatoms. The zero-order valence-electron chi connectivity index (χ0n) is 14.8. The van der Waals surface area contributed by atoms with Gasteiger partial charge in [-0.3, -0.25) is 0 Å². The van der Waals surface area contributed by atoms with Crippen LogP contribution < -0.4 is 12.4 Å². The van der Waals surface area contributed by atoms with Gasteiger partial charge >= 0.3 is 0 Å². The number of unbranched alkanes of at least 4 members (excludes halogenated alkanes) is 9. The molecular formula is C19H40ClN. The topological polar surface area (TPSA) is 0 Å². The second-order valence-electron chi connectivity index (χ2n) is 7.13.